The summed E-state index contributed by atoms with van der Waals surface area (Å²) >= 11 is 1.87. The van der Waals surface area contributed by atoms with Crippen LogP contribution in [-0.4, -0.2) is 16.5 Å². The predicted octanol–water partition coefficient (Wildman–Crippen LogP) is 3.31. The number of aliphatic imine (C=N–C) groups is 1. The minimum absolute atomic E-state index is 0.283. The van der Waals surface area contributed by atoms with Crippen LogP contribution < -0.4 is 5.32 Å². The number of amidine groups is 1. The van der Waals surface area contributed by atoms with Gasteiger partial charge in [-0.1, -0.05) is 17.3 Å². The van der Waals surface area contributed by atoms with Crippen LogP contribution in [0.1, 0.15) is 46.5 Å². The van der Waals surface area contributed by atoms with Crippen LogP contribution in [-0.2, 0) is 0 Å². The van der Waals surface area contributed by atoms with Crippen molar-refractivity contribution in [1.29, 1.82) is 0 Å². The fourth-order valence-electron chi connectivity index (χ4n) is 2.01. The van der Waals surface area contributed by atoms with E-state index in [2.05, 4.69) is 31.1 Å². The number of nitrogens with one attached hydrogen (secondary N) is 1. The minimum atomic E-state index is 0.283. The summed E-state index contributed by atoms with van der Waals surface area (Å²) in [6, 6.07) is 0. The van der Waals surface area contributed by atoms with Gasteiger partial charge in [-0.25, -0.2) is 0 Å². The van der Waals surface area contributed by atoms with Gasteiger partial charge in [-0.15, -0.1) is 0 Å². The third-order valence-corrected chi connectivity index (χ3v) is 4.08. The van der Waals surface area contributed by atoms with E-state index in [1.54, 1.807) is 0 Å². The Balaban J connectivity index is 1.98. The number of rotatable bonds is 1. The van der Waals surface area contributed by atoms with Gasteiger partial charge in [-0.05, 0) is 46.5 Å². The third-order valence-electron chi connectivity index (χ3n) is 2.98. The van der Waals surface area contributed by atoms with Crippen molar-refractivity contribution in [3.8, 4) is 0 Å². The maximum Gasteiger partial charge on any atom is 0.161 e. The van der Waals surface area contributed by atoms with Crippen LogP contribution in [0.15, 0.2) is 16.3 Å². The van der Waals surface area contributed by atoms with Crippen LogP contribution in [0.5, 0.6) is 0 Å². The second kappa shape index (κ2) is 4.20. The highest BCUT2D eigenvalue weighted by molar-refractivity contribution is 8.15. The lowest BCUT2D eigenvalue weighted by atomic mass is 9.98. The molecular formula is C12H20N2S. The van der Waals surface area contributed by atoms with Crippen molar-refractivity contribution in [3.05, 3.63) is 11.3 Å². The van der Waals surface area contributed by atoms with Crippen LogP contribution in [0.2, 0.25) is 0 Å². The lowest BCUT2D eigenvalue weighted by molar-refractivity contribution is 0.653. The van der Waals surface area contributed by atoms with E-state index >= 15 is 0 Å². The zero-order chi connectivity index (χ0) is 10.9. The van der Waals surface area contributed by atoms with Crippen molar-refractivity contribution in [2.24, 2.45) is 4.99 Å². The number of hydrogen-bond acceptors (Lipinski definition) is 3. The number of allylic oxidation sites excluding steroid dienone is 2. The Hall–Kier alpha value is -0.440. The van der Waals surface area contributed by atoms with Gasteiger partial charge in [0.15, 0.2) is 5.17 Å². The summed E-state index contributed by atoms with van der Waals surface area (Å²) in [5.74, 6) is 0. The summed E-state index contributed by atoms with van der Waals surface area (Å²) in [4.78, 5) is 4.55. The summed E-state index contributed by atoms with van der Waals surface area (Å²) in [7, 11) is 0. The molecule has 2 aliphatic rings. The van der Waals surface area contributed by atoms with E-state index in [0.29, 0.717) is 0 Å². The van der Waals surface area contributed by atoms with Crippen LogP contribution in [0, 0.1) is 0 Å². The molecule has 84 valence electrons. The van der Waals surface area contributed by atoms with Gasteiger partial charge in [0, 0.05) is 10.4 Å². The molecule has 0 radical (unpaired) electrons. The van der Waals surface area contributed by atoms with Crippen molar-refractivity contribution in [2.75, 3.05) is 6.54 Å². The normalized spacial score (nSPS) is 25.4. The van der Waals surface area contributed by atoms with Crippen molar-refractivity contribution in [1.82, 2.24) is 5.32 Å². The standard InChI is InChI=1S/C12H20N2S/c1-9-6-4-5-7-10(9)14-11-13-8-12(2,3)15-11/h4-8H2,1-3H3,(H,13,14). The zero-order valence-electron chi connectivity index (χ0n) is 9.89. The molecule has 2 rings (SSSR count). The monoisotopic (exact) mass is 224 g/mol. The molecule has 0 aromatic carbocycles. The number of hydrogen-bond donors (Lipinski definition) is 1. The summed E-state index contributed by atoms with van der Waals surface area (Å²) < 4.78 is 0.283. The Morgan fingerprint density at radius 1 is 1.27 bits per heavy atom. The summed E-state index contributed by atoms with van der Waals surface area (Å²) in [5, 5.41) is 4.64. The smallest absolute Gasteiger partial charge is 0.161 e. The van der Waals surface area contributed by atoms with Crippen LogP contribution in [0.3, 0.4) is 0 Å². The molecule has 1 aliphatic heterocycles. The Bertz CT molecular complexity index is 316. The van der Waals surface area contributed by atoms with Crippen molar-refractivity contribution in [3.63, 3.8) is 0 Å². The van der Waals surface area contributed by atoms with Gasteiger partial charge >= 0.3 is 0 Å². The lowest BCUT2D eigenvalue weighted by Crippen LogP contribution is -2.23. The van der Waals surface area contributed by atoms with E-state index in [9.17, 15) is 0 Å². The van der Waals surface area contributed by atoms with Gasteiger partial charge in [0.2, 0.25) is 0 Å². The molecule has 0 saturated heterocycles. The molecule has 1 aliphatic carbocycles. The fourth-order valence-corrected chi connectivity index (χ4v) is 2.96. The molecular weight excluding hydrogens is 204 g/mol. The van der Waals surface area contributed by atoms with Gasteiger partial charge < -0.3 is 5.32 Å². The van der Waals surface area contributed by atoms with E-state index in [4.69, 9.17) is 0 Å². The summed E-state index contributed by atoms with van der Waals surface area (Å²) in [6.07, 6.45) is 5.12. The van der Waals surface area contributed by atoms with Gasteiger partial charge in [0.25, 0.3) is 0 Å². The highest BCUT2D eigenvalue weighted by atomic mass is 32.2. The minimum Gasteiger partial charge on any atom is -0.339 e. The van der Waals surface area contributed by atoms with Crippen molar-refractivity contribution in [2.45, 2.75) is 51.2 Å². The first-order valence-electron chi connectivity index (χ1n) is 5.76. The van der Waals surface area contributed by atoms with Gasteiger partial charge in [-0.2, -0.15) is 0 Å². The van der Waals surface area contributed by atoms with E-state index in [1.165, 1.54) is 37.0 Å². The molecule has 1 heterocycles. The second-order valence-corrected chi connectivity index (χ2v) is 6.77. The first-order chi connectivity index (χ1) is 7.07. The van der Waals surface area contributed by atoms with Gasteiger partial charge in [-0.3, -0.25) is 4.99 Å². The molecule has 0 fully saturated rings. The van der Waals surface area contributed by atoms with Gasteiger partial charge in [0.05, 0.1) is 6.54 Å². The van der Waals surface area contributed by atoms with E-state index in [-0.39, 0.29) is 4.75 Å². The van der Waals surface area contributed by atoms with E-state index < -0.39 is 0 Å². The molecule has 0 atom stereocenters. The molecule has 0 unspecified atom stereocenters. The topological polar surface area (TPSA) is 24.4 Å². The maximum absolute atomic E-state index is 4.55. The molecule has 2 nitrogen and oxygen atoms in total. The first-order valence-corrected chi connectivity index (χ1v) is 6.58. The SMILES string of the molecule is CC1=C(NC2=NCC(C)(C)S2)CCCC1. The molecule has 1 N–H and O–H groups in total. The van der Waals surface area contributed by atoms with Crippen LogP contribution in [0.25, 0.3) is 0 Å². The molecule has 0 bridgehead atoms. The third kappa shape index (κ3) is 2.77. The summed E-state index contributed by atoms with van der Waals surface area (Å²) in [6.45, 7) is 7.68. The Morgan fingerprint density at radius 2 is 2.00 bits per heavy atom. The Labute approximate surface area is 96.6 Å². The molecule has 0 aromatic heterocycles. The molecule has 0 aromatic rings. The highest BCUT2D eigenvalue weighted by Gasteiger charge is 2.27. The molecule has 0 amide bonds. The average Bonchev–Trinajstić information content (AvgIpc) is 2.50. The van der Waals surface area contributed by atoms with Crippen molar-refractivity contribution < 1.29 is 0 Å². The van der Waals surface area contributed by atoms with Crippen molar-refractivity contribution >= 4 is 16.9 Å². The molecule has 15 heavy (non-hydrogen) atoms. The highest BCUT2D eigenvalue weighted by Crippen LogP contribution is 2.32. The molecule has 0 saturated carbocycles. The van der Waals surface area contributed by atoms with Gasteiger partial charge in [0.1, 0.15) is 0 Å². The Kier molecular flexibility index (Phi) is 3.10. The largest absolute Gasteiger partial charge is 0.339 e. The van der Waals surface area contributed by atoms with Crippen LogP contribution in [0.4, 0.5) is 0 Å². The number of nitrogens with zero attached hydrogens (tertiary/aromatic N) is 1. The van der Waals surface area contributed by atoms with E-state index in [0.717, 1.165) is 11.7 Å². The summed E-state index contributed by atoms with van der Waals surface area (Å²) in [5.41, 5.74) is 2.94. The zero-order valence-corrected chi connectivity index (χ0v) is 10.7. The molecule has 3 heteroatoms. The molecule has 0 spiro atoms. The average molecular weight is 224 g/mol. The van der Waals surface area contributed by atoms with E-state index in [1.807, 2.05) is 11.8 Å². The fraction of sp³-hybridized carbons (Fsp3) is 0.750. The predicted molar refractivity (Wildman–Crippen MR) is 68.3 cm³/mol. The second-order valence-electron chi connectivity index (χ2n) is 5.07. The maximum atomic E-state index is 4.55. The van der Waals surface area contributed by atoms with Crippen LogP contribution >= 0.6 is 11.8 Å². The lowest BCUT2D eigenvalue weighted by Gasteiger charge is -2.20. The first kappa shape index (κ1) is 11.1. The number of thioether (sulfide) groups is 1. The quantitative estimate of drug-likeness (QED) is 0.739. The Morgan fingerprint density at radius 3 is 2.60 bits per heavy atom.